The third-order valence-corrected chi connectivity index (χ3v) is 4.73. The zero-order chi connectivity index (χ0) is 16.4. The van der Waals surface area contributed by atoms with E-state index < -0.39 is 5.82 Å². The van der Waals surface area contributed by atoms with E-state index in [1.165, 1.54) is 19.2 Å². The fourth-order valence-corrected chi connectivity index (χ4v) is 3.49. The monoisotopic (exact) mass is 323 g/mol. The zero-order valence-corrected chi connectivity index (χ0v) is 13.5. The van der Waals surface area contributed by atoms with Crippen LogP contribution in [0.3, 0.4) is 0 Å². The second-order valence-corrected chi connectivity index (χ2v) is 6.24. The second-order valence-electron chi connectivity index (χ2n) is 6.24. The van der Waals surface area contributed by atoms with Gasteiger partial charge in [0.1, 0.15) is 0 Å². The third kappa shape index (κ3) is 3.19. The Balaban J connectivity index is 1.73. The number of hydrogen-bond acceptors (Lipinski definition) is 4. The molecule has 0 aromatic heterocycles. The van der Waals surface area contributed by atoms with E-state index in [9.17, 15) is 9.18 Å². The first-order valence-corrected chi connectivity index (χ1v) is 7.86. The summed E-state index contributed by atoms with van der Waals surface area (Å²) in [7, 11) is 3.08. The number of carbonyl (C=O) groups excluding carboxylic acids is 1. The van der Waals surface area contributed by atoms with Crippen molar-refractivity contribution in [3.63, 3.8) is 0 Å². The minimum Gasteiger partial charge on any atom is -0.494 e. The SMILES string of the molecule is COc1ccc(C(=O)N2CCC[C@]3(C[C@H](OC)CO3)C2)cc1F. The van der Waals surface area contributed by atoms with Crippen molar-refractivity contribution in [2.75, 3.05) is 33.9 Å². The number of piperidine rings is 1. The molecule has 126 valence electrons. The van der Waals surface area contributed by atoms with Gasteiger partial charge in [-0.05, 0) is 31.0 Å². The highest BCUT2D eigenvalue weighted by molar-refractivity contribution is 5.94. The molecule has 1 amide bonds. The van der Waals surface area contributed by atoms with Crippen LogP contribution in [0.4, 0.5) is 4.39 Å². The molecule has 1 spiro atoms. The summed E-state index contributed by atoms with van der Waals surface area (Å²) >= 11 is 0. The molecular weight excluding hydrogens is 301 g/mol. The maximum atomic E-state index is 13.8. The van der Waals surface area contributed by atoms with Crippen LogP contribution in [0, 0.1) is 5.82 Å². The Morgan fingerprint density at radius 2 is 2.26 bits per heavy atom. The summed E-state index contributed by atoms with van der Waals surface area (Å²) in [4.78, 5) is 14.4. The number of carbonyl (C=O) groups is 1. The van der Waals surface area contributed by atoms with Gasteiger partial charge >= 0.3 is 0 Å². The molecule has 6 heteroatoms. The first-order chi connectivity index (χ1) is 11.1. The topological polar surface area (TPSA) is 48.0 Å². The van der Waals surface area contributed by atoms with Crippen molar-refractivity contribution in [3.05, 3.63) is 29.6 Å². The minimum atomic E-state index is -0.526. The van der Waals surface area contributed by atoms with Crippen LogP contribution in [0.5, 0.6) is 5.75 Å². The van der Waals surface area contributed by atoms with Gasteiger partial charge in [-0.3, -0.25) is 4.79 Å². The molecule has 2 atom stereocenters. The van der Waals surface area contributed by atoms with E-state index in [2.05, 4.69) is 0 Å². The molecule has 0 radical (unpaired) electrons. The van der Waals surface area contributed by atoms with Gasteiger partial charge in [0, 0.05) is 25.6 Å². The highest BCUT2D eigenvalue weighted by atomic mass is 19.1. The highest BCUT2D eigenvalue weighted by Gasteiger charge is 2.44. The number of amides is 1. The average Bonchev–Trinajstić information content (AvgIpc) is 2.96. The number of benzene rings is 1. The second kappa shape index (κ2) is 6.45. The number of methoxy groups -OCH3 is 2. The molecule has 0 unspecified atom stereocenters. The van der Waals surface area contributed by atoms with E-state index in [4.69, 9.17) is 14.2 Å². The Morgan fingerprint density at radius 1 is 1.43 bits per heavy atom. The van der Waals surface area contributed by atoms with Gasteiger partial charge in [0.25, 0.3) is 5.91 Å². The molecular formula is C17H22FNO4. The lowest BCUT2D eigenvalue weighted by atomic mass is 9.89. The van der Waals surface area contributed by atoms with Crippen LogP contribution >= 0.6 is 0 Å². The number of halogens is 1. The summed E-state index contributed by atoms with van der Waals surface area (Å²) in [5, 5.41) is 0. The molecule has 1 aromatic carbocycles. The van der Waals surface area contributed by atoms with E-state index in [0.29, 0.717) is 25.3 Å². The van der Waals surface area contributed by atoms with Crippen molar-refractivity contribution in [2.45, 2.75) is 31.0 Å². The predicted molar refractivity (Wildman–Crippen MR) is 82.2 cm³/mol. The van der Waals surface area contributed by atoms with E-state index in [1.807, 2.05) is 0 Å². The van der Waals surface area contributed by atoms with Crippen molar-refractivity contribution in [2.24, 2.45) is 0 Å². The van der Waals surface area contributed by atoms with Crippen molar-refractivity contribution < 1.29 is 23.4 Å². The lowest BCUT2D eigenvalue weighted by molar-refractivity contribution is -0.0458. The van der Waals surface area contributed by atoms with Crippen LogP contribution in [0.25, 0.3) is 0 Å². The van der Waals surface area contributed by atoms with Gasteiger partial charge < -0.3 is 19.1 Å². The molecule has 23 heavy (non-hydrogen) atoms. The van der Waals surface area contributed by atoms with Crippen molar-refractivity contribution in [1.82, 2.24) is 4.90 Å². The number of likely N-dealkylation sites (tertiary alicyclic amines) is 1. The lowest BCUT2D eigenvalue weighted by Gasteiger charge is -2.39. The van der Waals surface area contributed by atoms with Crippen LogP contribution in [0.1, 0.15) is 29.6 Å². The maximum absolute atomic E-state index is 13.8. The summed E-state index contributed by atoms with van der Waals surface area (Å²) < 4.78 is 30.0. The van der Waals surface area contributed by atoms with Gasteiger partial charge in [0.2, 0.25) is 0 Å². The van der Waals surface area contributed by atoms with Crippen LogP contribution in [0.2, 0.25) is 0 Å². The normalized spacial score (nSPS) is 27.4. The maximum Gasteiger partial charge on any atom is 0.254 e. The largest absolute Gasteiger partial charge is 0.494 e. The van der Waals surface area contributed by atoms with Gasteiger partial charge in [-0.2, -0.15) is 0 Å². The summed E-state index contributed by atoms with van der Waals surface area (Å²) in [6, 6.07) is 4.31. The van der Waals surface area contributed by atoms with Crippen molar-refractivity contribution >= 4 is 5.91 Å². The first-order valence-electron chi connectivity index (χ1n) is 7.86. The van der Waals surface area contributed by atoms with Crippen LogP contribution in [-0.2, 0) is 9.47 Å². The summed E-state index contributed by atoms with van der Waals surface area (Å²) in [6.07, 6.45) is 2.68. The number of nitrogens with zero attached hydrogens (tertiary/aromatic N) is 1. The fourth-order valence-electron chi connectivity index (χ4n) is 3.49. The smallest absolute Gasteiger partial charge is 0.254 e. The van der Waals surface area contributed by atoms with Crippen molar-refractivity contribution in [1.29, 1.82) is 0 Å². The average molecular weight is 323 g/mol. The number of hydrogen-bond donors (Lipinski definition) is 0. The molecule has 2 fully saturated rings. The molecule has 5 nitrogen and oxygen atoms in total. The zero-order valence-electron chi connectivity index (χ0n) is 13.5. The summed E-state index contributed by atoms with van der Waals surface area (Å²) in [5.41, 5.74) is 0.0150. The molecule has 2 aliphatic rings. The van der Waals surface area contributed by atoms with E-state index in [0.717, 1.165) is 19.3 Å². The quantitative estimate of drug-likeness (QED) is 0.856. The van der Waals surface area contributed by atoms with Gasteiger partial charge in [0.15, 0.2) is 11.6 Å². The summed E-state index contributed by atoms with van der Waals surface area (Å²) in [6.45, 7) is 1.75. The van der Waals surface area contributed by atoms with Gasteiger partial charge in [-0.25, -0.2) is 4.39 Å². The molecule has 0 bridgehead atoms. The Morgan fingerprint density at radius 3 is 2.91 bits per heavy atom. The molecule has 1 aromatic rings. The molecule has 0 N–H and O–H groups in total. The molecule has 2 aliphatic heterocycles. The molecule has 2 saturated heterocycles. The predicted octanol–water partition coefficient (Wildman–Crippen LogP) is 2.24. The Labute approximate surface area is 135 Å². The molecule has 3 rings (SSSR count). The van der Waals surface area contributed by atoms with Crippen LogP contribution < -0.4 is 4.74 Å². The van der Waals surface area contributed by atoms with E-state index >= 15 is 0 Å². The third-order valence-electron chi connectivity index (χ3n) is 4.73. The van der Waals surface area contributed by atoms with E-state index in [-0.39, 0.29) is 23.4 Å². The Kier molecular flexibility index (Phi) is 4.55. The molecule has 2 heterocycles. The minimum absolute atomic E-state index is 0.0866. The van der Waals surface area contributed by atoms with Crippen LogP contribution in [-0.4, -0.2) is 56.4 Å². The van der Waals surface area contributed by atoms with Crippen molar-refractivity contribution in [3.8, 4) is 5.75 Å². The fraction of sp³-hybridized carbons (Fsp3) is 0.588. The Bertz CT molecular complexity index is 594. The van der Waals surface area contributed by atoms with E-state index in [1.54, 1.807) is 18.1 Å². The van der Waals surface area contributed by atoms with Gasteiger partial charge in [-0.1, -0.05) is 0 Å². The van der Waals surface area contributed by atoms with Crippen LogP contribution in [0.15, 0.2) is 18.2 Å². The number of ether oxygens (including phenoxy) is 3. The number of rotatable bonds is 3. The molecule has 0 aliphatic carbocycles. The molecule has 0 saturated carbocycles. The summed E-state index contributed by atoms with van der Waals surface area (Å²) in [5.74, 6) is -0.560. The first kappa shape index (κ1) is 16.2. The lowest BCUT2D eigenvalue weighted by Crippen LogP contribution is -2.50. The van der Waals surface area contributed by atoms with Gasteiger partial charge in [-0.15, -0.1) is 0 Å². The van der Waals surface area contributed by atoms with Gasteiger partial charge in [0.05, 0.1) is 32.0 Å². The highest BCUT2D eigenvalue weighted by Crippen LogP contribution is 2.36. The standard InChI is InChI=1S/C17H22FNO4/c1-21-13-9-17(23-10-13)6-3-7-19(11-17)16(20)12-4-5-15(22-2)14(18)8-12/h4-5,8,13H,3,6-7,9-11H2,1-2H3/t13-,17-/m0/s1. The Hall–Kier alpha value is -1.66.